The Hall–Kier alpha value is -2.81. The fraction of sp³-hybridized carbons (Fsp3) is 0.0435. The Morgan fingerprint density at radius 3 is 2.33 bits per heavy atom. The number of benzene rings is 3. The first-order valence-corrected chi connectivity index (χ1v) is 8.28. The van der Waals surface area contributed by atoms with Crippen LogP contribution in [0, 0.1) is 6.07 Å². The normalized spacial score (nSPS) is 9.67. The first-order valence-electron chi connectivity index (χ1n) is 8.28. The molecule has 4 aromatic rings. The molecule has 0 aliphatic rings. The van der Waals surface area contributed by atoms with E-state index in [0.717, 1.165) is 16.6 Å². The van der Waals surface area contributed by atoms with Gasteiger partial charge in [0.1, 0.15) is 0 Å². The number of aromatic nitrogens is 1. The number of rotatable bonds is 2. The smallest absolute Gasteiger partial charge is 0.339 e. The number of pyridine rings is 1. The van der Waals surface area contributed by atoms with Crippen molar-refractivity contribution in [3.05, 3.63) is 91.1 Å². The SMILES string of the molecule is CC(O)=[OH+].[Ir].[c-]1ccc(-c2ccccc2)cc1-c1nccc2ccccc12. The molecule has 0 saturated carbocycles. The quantitative estimate of drug-likeness (QED) is 0.276. The van der Waals surface area contributed by atoms with Gasteiger partial charge in [0.05, 0.1) is 6.92 Å². The molecular weight excluding hydrogens is 514 g/mol. The molecule has 2 N–H and O–H groups in total. The van der Waals surface area contributed by atoms with Gasteiger partial charge in [0, 0.05) is 26.3 Å². The van der Waals surface area contributed by atoms with Crippen LogP contribution in [0.2, 0.25) is 0 Å². The average Bonchev–Trinajstić information content (AvgIpc) is 2.68. The third-order valence-electron chi connectivity index (χ3n) is 3.84. The van der Waals surface area contributed by atoms with Crippen LogP contribution in [-0.4, -0.2) is 20.9 Å². The van der Waals surface area contributed by atoms with Crippen molar-refractivity contribution in [2.45, 2.75) is 6.92 Å². The van der Waals surface area contributed by atoms with Crippen LogP contribution in [0.1, 0.15) is 6.92 Å². The zero-order chi connectivity index (χ0) is 18.4. The van der Waals surface area contributed by atoms with Crippen LogP contribution < -0.4 is 0 Å². The van der Waals surface area contributed by atoms with Crippen molar-refractivity contribution in [2.75, 3.05) is 0 Å². The summed E-state index contributed by atoms with van der Waals surface area (Å²) in [6.07, 6.45) is 1.86. The van der Waals surface area contributed by atoms with Crippen LogP contribution in [0.25, 0.3) is 33.2 Å². The molecule has 0 bridgehead atoms. The number of carboxylic acids is 1. The van der Waals surface area contributed by atoms with E-state index in [-0.39, 0.29) is 20.1 Å². The monoisotopic (exact) mass is 534 g/mol. The Morgan fingerprint density at radius 2 is 1.59 bits per heavy atom. The molecule has 0 saturated heterocycles. The van der Waals surface area contributed by atoms with Gasteiger partial charge in [-0.1, -0.05) is 54.6 Å². The number of aliphatic hydroxyl groups excluding tert-OH is 1. The van der Waals surface area contributed by atoms with Crippen LogP contribution in [0.3, 0.4) is 0 Å². The van der Waals surface area contributed by atoms with Gasteiger partial charge in [0.15, 0.2) is 0 Å². The summed E-state index contributed by atoms with van der Waals surface area (Å²) in [5, 5.41) is 9.89. The number of hydrogen-bond donors (Lipinski definition) is 1. The van der Waals surface area contributed by atoms with Gasteiger partial charge >= 0.3 is 5.97 Å². The Morgan fingerprint density at radius 1 is 0.926 bits per heavy atom. The summed E-state index contributed by atoms with van der Waals surface area (Å²) in [5.74, 6) is -0.583. The van der Waals surface area contributed by atoms with E-state index in [1.165, 1.54) is 23.4 Å². The maximum absolute atomic E-state index is 7.53. The van der Waals surface area contributed by atoms with E-state index >= 15 is 0 Å². The molecule has 0 aliphatic heterocycles. The molecule has 0 aliphatic carbocycles. The molecule has 4 rings (SSSR count). The van der Waals surface area contributed by atoms with E-state index in [2.05, 4.69) is 71.7 Å². The minimum absolute atomic E-state index is 0. The minimum Gasteiger partial charge on any atom is -0.339 e. The fourth-order valence-electron chi connectivity index (χ4n) is 2.75. The molecule has 0 atom stereocenters. The van der Waals surface area contributed by atoms with Crippen molar-refractivity contribution in [3.63, 3.8) is 0 Å². The second-order valence-corrected chi connectivity index (χ2v) is 5.78. The molecule has 1 aromatic heterocycles. The van der Waals surface area contributed by atoms with Crippen LogP contribution in [0.15, 0.2) is 85.1 Å². The van der Waals surface area contributed by atoms with Crippen molar-refractivity contribution in [1.82, 2.24) is 4.98 Å². The van der Waals surface area contributed by atoms with E-state index < -0.39 is 5.97 Å². The fourth-order valence-corrected chi connectivity index (χ4v) is 2.75. The predicted molar refractivity (Wildman–Crippen MR) is 107 cm³/mol. The van der Waals surface area contributed by atoms with Crippen LogP contribution >= 0.6 is 0 Å². The van der Waals surface area contributed by atoms with Gasteiger partial charge in [-0.25, -0.2) is 0 Å². The number of carboxylic acid groups (broad SMARTS) is 1. The van der Waals surface area contributed by atoms with Gasteiger partial charge in [0.25, 0.3) is 0 Å². The second-order valence-electron chi connectivity index (χ2n) is 5.78. The van der Waals surface area contributed by atoms with Crippen LogP contribution in [0.5, 0.6) is 0 Å². The zero-order valence-electron chi connectivity index (χ0n) is 14.8. The maximum atomic E-state index is 7.53. The maximum Gasteiger partial charge on any atom is 0.477 e. The molecule has 4 heteroatoms. The molecule has 0 spiro atoms. The van der Waals surface area contributed by atoms with Crippen LogP contribution in [0.4, 0.5) is 0 Å². The molecule has 27 heavy (non-hydrogen) atoms. The molecule has 0 unspecified atom stereocenters. The van der Waals surface area contributed by atoms with Crippen molar-refractivity contribution in [1.29, 1.82) is 0 Å². The topological polar surface area (TPSA) is 54.5 Å². The molecule has 1 radical (unpaired) electrons. The van der Waals surface area contributed by atoms with E-state index in [1.54, 1.807) is 0 Å². The number of fused-ring (bicyclic) bond motifs is 1. The largest absolute Gasteiger partial charge is 0.477 e. The van der Waals surface area contributed by atoms with Crippen molar-refractivity contribution >= 4 is 16.7 Å². The van der Waals surface area contributed by atoms with E-state index in [4.69, 9.17) is 9.90 Å². The molecule has 137 valence electrons. The molecule has 1 heterocycles. The third-order valence-corrected chi connectivity index (χ3v) is 3.84. The Labute approximate surface area is 172 Å². The molecule has 3 aromatic carbocycles. The van der Waals surface area contributed by atoms with Crippen molar-refractivity contribution in [3.8, 4) is 22.4 Å². The van der Waals surface area contributed by atoms with Gasteiger partial charge in [-0.3, -0.25) is 0 Å². The minimum atomic E-state index is -0.583. The van der Waals surface area contributed by atoms with E-state index in [9.17, 15) is 0 Å². The number of aliphatic carboxylic acids is 1. The predicted octanol–water partition coefficient (Wildman–Crippen LogP) is 5.43. The molecular formula is C23H19IrNO2. The number of hydrogen-bond acceptors (Lipinski definition) is 1. The van der Waals surface area contributed by atoms with E-state index in [0.29, 0.717) is 0 Å². The van der Waals surface area contributed by atoms with Gasteiger partial charge < -0.3 is 14.9 Å². The van der Waals surface area contributed by atoms with Gasteiger partial charge in [-0.2, -0.15) is 0 Å². The Bertz CT molecular complexity index is 1020. The first kappa shape index (κ1) is 20.5. The van der Waals surface area contributed by atoms with E-state index in [1.807, 2.05) is 24.4 Å². The van der Waals surface area contributed by atoms with Gasteiger partial charge in [-0.05, 0) is 28.1 Å². The summed E-state index contributed by atoms with van der Waals surface area (Å²) < 4.78 is 0. The van der Waals surface area contributed by atoms with Gasteiger partial charge in [0.2, 0.25) is 0 Å². The Kier molecular flexibility index (Phi) is 7.42. The summed E-state index contributed by atoms with van der Waals surface area (Å²) in [7, 11) is 0. The summed E-state index contributed by atoms with van der Waals surface area (Å²) in [6, 6.07) is 30.3. The second kappa shape index (κ2) is 9.77. The summed E-state index contributed by atoms with van der Waals surface area (Å²) in [6.45, 7) is 1.19. The third kappa shape index (κ3) is 5.33. The number of nitrogens with zero attached hydrogens (tertiary/aromatic N) is 1. The Balaban J connectivity index is 0.000000479. The van der Waals surface area contributed by atoms with Crippen LogP contribution in [-0.2, 0) is 20.1 Å². The van der Waals surface area contributed by atoms with Crippen molar-refractivity contribution < 1.29 is 30.0 Å². The first-order chi connectivity index (χ1) is 12.6. The standard InChI is InChI=1S/C21H14N.C2H4O2.Ir/c1-2-7-16(8-3-1)18-10-6-11-19(15-18)21-20-12-5-4-9-17(20)13-14-22-21;1-2(3)4;/h1-10,12-15H;1H3,(H,3,4);/q-1;;/p+1. The molecule has 0 fully saturated rings. The molecule has 3 nitrogen and oxygen atoms in total. The average molecular weight is 534 g/mol. The zero-order valence-corrected chi connectivity index (χ0v) is 17.2. The summed E-state index contributed by atoms with van der Waals surface area (Å²) in [4.78, 5) is 12.1. The van der Waals surface area contributed by atoms with Crippen molar-refractivity contribution in [2.24, 2.45) is 0 Å². The summed E-state index contributed by atoms with van der Waals surface area (Å²) in [5.41, 5.74) is 4.40. The summed E-state index contributed by atoms with van der Waals surface area (Å²) >= 11 is 0. The van der Waals surface area contributed by atoms with Gasteiger partial charge in [-0.15, -0.1) is 35.4 Å². The molecule has 0 amide bonds.